The van der Waals surface area contributed by atoms with Crippen LogP contribution in [-0.2, 0) is 30.1 Å². The third-order valence-electron chi connectivity index (χ3n) is 10.5. The molecule has 9 rings (SSSR count). The van der Waals surface area contributed by atoms with Crippen LogP contribution in [0, 0.1) is 5.92 Å². The molecule has 9 heteroatoms. The largest absolute Gasteiger partial charge is 0.465 e. The maximum Gasteiger partial charge on any atom is 0.345 e. The number of Topliss-reactive ketones (excluding diaryl/α,β-unsaturated/α-hetero) is 1. The maximum atomic E-state index is 15.4. The van der Waals surface area contributed by atoms with Gasteiger partial charge in [-0.05, 0) is 61.7 Å². The zero-order valence-electron chi connectivity index (χ0n) is 24.6. The van der Waals surface area contributed by atoms with Gasteiger partial charge >= 0.3 is 5.97 Å². The standard InChI is InChI=1S/C35H31NO8/c1-33(2)42-28-26-22-15-6-7-17-36(22)34(21-14-9-11-18-10-8-13-20(24(18)21)29(34)38)35(26,44-32(28)43-33)30-25(31(39)40-3)27(37)19-12-4-5-16-23(19)41-30/h4-5,8-14,16,22,26,28,32H,6-7,15,17H2,1-3H3/t22?,26?,28-,32+,34+,35-/m1/s1. The van der Waals surface area contributed by atoms with Crippen molar-refractivity contribution in [2.75, 3.05) is 13.7 Å². The third kappa shape index (κ3) is 2.92. The van der Waals surface area contributed by atoms with Crippen LogP contribution in [0.15, 0.2) is 69.9 Å². The van der Waals surface area contributed by atoms with Crippen LogP contribution in [0.1, 0.15) is 65.1 Å². The van der Waals surface area contributed by atoms with E-state index in [0.29, 0.717) is 12.1 Å². The lowest BCUT2D eigenvalue weighted by molar-refractivity contribution is -0.248. The molecular weight excluding hydrogens is 562 g/mol. The van der Waals surface area contributed by atoms with E-state index in [9.17, 15) is 9.59 Å². The van der Waals surface area contributed by atoms with Crippen molar-refractivity contribution in [3.8, 4) is 0 Å². The fourth-order valence-corrected chi connectivity index (χ4v) is 9.22. The summed E-state index contributed by atoms with van der Waals surface area (Å²) in [5.74, 6) is -2.46. The van der Waals surface area contributed by atoms with Gasteiger partial charge in [0.05, 0.1) is 12.5 Å². The Labute approximate surface area is 252 Å². The van der Waals surface area contributed by atoms with E-state index in [1.807, 2.05) is 50.2 Å². The number of ketones is 1. The second-order valence-electron chi connectivity index (χ2n) is 13.0. The SMILES string of the molecule is COC(=O)c1c([C@]23O[C@@H]4OC(C)(C)O[C@@H]4C2C2CCCCN2[C@@]32C(=O)c3cccc4cccc2c34)oc2ccccc2c1=O. The summed E-state index contributed by atoms with van der Waals surface area (Å²) in [6.45, 7) is 4.30. The Morgan fingerprint density at radius 3 is 2.57 bits per heavy atom. The van der Waals surface area contributed by atoms with E-state index in [1.54, 1.807) is 24.3 Å². The average Bonchev–Trinajstić information content (AvgIpc) is 3.67. The Morgan fingerprint density at radius 2 is 1.75 bits per heavy atom. The lowest BCUT2D eigenvalue weighted by Crippen LogP contribution is -2.60. The van der Waals surface area contributed by atoms with E-state index in [-0.39, 0.29) is 34.1 Å². The van der Waals surface area contributed by atoms with Crippen molar-refractivity contribution in [3.05, 3.63) is 93.3 Å². The van der Waals surface area contributed by atoms with Gasteiger partial charge in [-0.1, -0.05) is 55.0 Å². The first-order valence-electron chi connectivity index (χ1n) is 15.3. The molecule has 2 unspecified atom stereocenters. The number of rotatable bonds is 2. The second-order valence-corrected chi connectivity index (χ2v) is 13.0. The van der Waals surface area contributed by atoms with E-state index >= 15 is 4.79 Å². The van der Waals surface area contributed by atoms with E-state index in [0.717, 1.165) is 35.6 Å². The molecule has 6 atom stereocenters. The number of piperidine rings is 1. The summed E-state index contributed by atoms with van der Waals surface area (Å²) in [4.78, 5) is 45.6. The van der Waals surface area contributed by atoms with Crippen molar-refractivity contribution < 1.29 is 33.0 Å². The van der Waals surface area contributed by atoms with Gasteiger partial charge in [-0.25, -0.2) is 4.79 Å². The van der Waals surface area contributed by atoms with E-state index < -0.39 is 46.6 Å². The normalized spacial score (nSPS) is 33.2. The Balaban J connectivity index is 1.46. The van der Waals surface area contributed by atoms with Gasteiger partial charge < -0.3 is 23.4 Å². The Bertz CT molecular complexity index is 1990. The monoisotopic (exact) mass is 593 g/mol. The van der Waals surface area contributed by atoms with Crippen LogP contribution < -0.4 is 5.43 Å². The molecule has 0 bridgehead atoms. The fraction of sp³-hybridized carbons (Fsp3) is 0.400. The van der Waals surface area contributed by atoms with E-state index in [1.165, 1.54) is 7.11 Å². The van der Waals surface area contributed by atoms with Gasteiger partial charge in [0.15, 0.2) is 29.2 Å². The average molecular weight is 594 g/mol. The van der Waals surface area contributed by atoms with E-state index in [2.05, 4.69) is 4.90 Å². The summed E-state index contributed by atoms with van der Waals surface area (Å²) in [6, 6.07) is 18.3. The molecule has 3 aromatic carbocycles. The number of carbonyl (C=O) groups is 2. The highest BCUT2D eigenvalue weighted by Gasteiger charge is 2.83. The molecule has 4 fully saturated rings. The number of hydrogen-bond acceptors (Lipinski definition) is 9. The quantitative estimate of drug-likeness (QED) is 0.297. The van der Waals surface area contributed by atoms with Gasteiger partial charge in [0.1, 0.15) is 22.8 Å². The number of hydrogen-bond donors (Lipinski definition) is 0. The molecular formula is C35H31NO8. The van der Waals surface area contributed by atoms with Crippen LogP contribution in [0.5, 0.6) is 0 Å². The molecule has 5 heterocycles. The van der Waals surface area contributed by atoms with Crippen LogP contribution in [0.3, 0.4) is 0 Å². The zero-order chi connectivity index (χ0) is 30.2. The van der Waals surface area contributed by atoms with Crippen LogP contribution >= 0.6 is 0 Å². The predicted octanol–water partition coefficient (Wildman–Crippen LogP) is 5.01. The highest BCUT2D eigenvalue weighted by molar-refractivity contribution is 6.21. The smallest absolute Gasteiger partial charge is 0.345 e. The minimum absolute atomic E-state index is 0.00925. The molecule has 1 aromatic heterocycles. The molecule has 0 saturated carbocycles. The van der Waals surface area contributed by atoms with Gasteiger partial charge in [0.25, 0.3) is 0 Å². The first-order chi connectivity index (χ1) is 21.2. The molecule has 1 spiro atoms. The second kappa shape index (κ2) is 8.63. The molecule has 4 aromatic rings. The number of para-hydroxylation sites is 1. The number of methoxy groups -OCH3 is 1. The van der Waals surface area contributed by atoms with Crippen molar-refractivity contribution >= 4 is 33.5 Å². The maximum absolute atomic E-state index is 15.4. The lowest BCUT2D eigenvalue weighted by atomic mass is 9.67. The lowest BCUT2D eigenvalue weighted by Gasteiger charge is -2.47. The molecule has 1 aliphatic carbocycles. The molecule has 44 heavy (non-hydrogen) atoms. The Morgan fingerprint density at radius 1 is 0.955 bits per heavy atom. The fourth-order valence-electron chi connectivity index (χ4n) is 9.22. The molecule has 4 aliphatic heterocycles. The minimum atomic E-state index is -1.66. The summed E-state index contributed by atoms with van der Waals surface area (Å²) in [7, 11) is 1.24. The molecule has 5 aliphatic rings. The molecule has 0 amide bonds. The number of carbonyl (C=O) groups excluding carboxylic acids is 2. The van der Waals surface area contributed by atoms with Crippen LogP contribution in [0.2, 0.25) is 0 Å². The zero-order valence-corrected chi connectivity index (χ0v) is 24.6. The van der Waals surface area contributed by atoms with Gasteiger partial charge in [-0.3, -0.25) is 14.5 Å². The molecule has 4 saturated heterocycles. The minimum Gasteiger partial charge on any atom is -0.465 e. The summed E-state index contributed by atoms with van der Waals surface area (Å²) in [5.41, 5.74) is -2.29. The number of ether oxygens (including phenoxy) is 4. The molecule has 0 N–H and O–H groups in total. The first kappa shape index (κ1) is 26.5. The van der Waals surface area contributed by atoms with Crippen molar-refractivity contribution in [1.82, 2.24) is 4.90 Å². The van der Waals surface area contributed by atoms with Gasteiger partial charge in [-0.2, -0.15) is 0 Å². The number of fused-ring (bicyclic) bond motifs is 9. The molecule has 224 valence electrons. The summed E-state index contributed by atoms with van der Waals surface area (Å²) < 4.78 is 32.1. The van der Waals surface area contributed by atoms with Crippen molar-refractivity contribution in [1.29, 1.82) is 0 Å². The van der Waals surface area contributed by atoms with Crippen molar-refractivity contribution in [2.45, 2.75) is 68.5 Å². The highest BCUT2D eigenvalue weighted by atomic mass is 16.8. The van der Waals surface area contributed by atoms with Gasteiger partial charge in [0.2, 0.25) is 5.43 Å². The number of benzene rings is 3. The van der Waals surface area contributed by atoms with Crippen LogP contribution in [0.4, 0.5) is 0 Å². The van der Waals surface area contributed by atoms with E-state index in [4.69, 9.17) is 23.4 Å². The van der Waals surface area contributed by atoms with Crippen molar-refractivity contribution in [3.63, 3.8) is 0 Å². The number of esters is 1. The third-order valence-corrected chi connectivity index (χ3v) is 10.5. The molecule has 0 radical (unpaired) electrons. The van der Waals surface area contributed by atoms with Crippen LogP contribution in [0.25, 0.3) is 21.7 Å². The summed E-state index contributed by atoms with van der Waals surface area (Å²) in [6.07, 6.45) is 1.14. The Kier molecular flexibility index (Phi) is 5.20. The summed E-state index contributed by atoms with van der Waals surface area (Å²) >= 11 is 0. The molecule has 9 nitrogen and oxygen atoms in total. The predicted molar refractivity (Wildman–Crippen MR) is 158 cm³/mol. The summed E-state index contributed by atoms with van der Waals surface area (Å²) in [5, 5.41) is 2.01. The Hall–Kier alpha value is -3.89. The van der Waals surface area contributed by atoms with Gasteiger partial charge in [-0.15, -0.1) is 0 Å². The number of nitrogens with zero attached hydrogens (tertiary/aromatic N) is 1. The van der Waals surface area contributed by atoms with Gasteiger partial charge in [0, 0.05) is 17.5 Å². The van der Waals surface area contributed by atoms with Crippen molar-refractivity contribution in [2.24, 2.45) is 5.92 Å². The van der Waals surface area contributed by atoms with Crippen LogP contribution in [-0.4, -0.2) is 54.5 Å². The topological polar surface area (TPSA) is 105 Å². The highest BCUT2D eigenvalue weighted by Crippen LogP contribution is 2.71. The first-order valence-corrected chi connectivity index (χ1v) is 15.3.